The molecular weight excluding hydrogens is 244 g/mol. The molecule has 1 atom stereocenters. The van der Waals surface area contributed by atoms with Gasteiger partial charge in [0.15, 0.2) is 0 Å². The molecule has 1 aromatic rings. The fraction of sp³-hybridized carbons (Fsp3) is 0.538. The summed E-state index contributed by atoms with van der Waals surface area (Å²) in [7, 11) is 0. The Morgan fingerprint density at radius 3 is 3.37 bits per heavy atom. The monoisotopic (exact) mass is 264 g/mol. The minimum absolute atomic E-state index is 0.0347. The van der Waals surface area contributed by atoms with E-state index in [4.69, 9.17) is 4.74 Å². The number of nitrogens with one attached hydrogen (secondary N) is 3. The molecule has 6 heteroatoms. The zero-order valence-electron chi connectivity index (χ0n) is 11.1. The summed E-state index contributed by atoms with van der Waals surface area (Å²) in [5.41, 5.74) is 1.61. The zero-order chi connectivity index (χ0) is 13.5. The van der Waals surface area contributed by atoms with Crippen LogP contribution in [0.1, 0.15) is 12.1 Å². The lowest BCUT2D eigenvalue weighted by Crippen LogP contribution is -2.40. The van der Waals surface area contributed by atoms with Crippen molar-refractivity contribution in [3.8, 4) is 0 Å². The molecule has 0 bridgehead atoms. The molecule has 3 N–H and O–H groups in total. The molecule has 6 nitrogen and oxygen atoms in total. The van der Waals surface area contributed by atoms with Crippen LogP contribution in [0.5, 0.6) is 0 Å². The first-order chi connectivity index (χ1) is 9.24. The number of anilines is 1. The van der Waals surface area contributed by atoms with Crippen LogP contribution in [0.3, 0.4) is 0 Å². The number of hydrogen-bond acceptors (Lipinski definition) is 4. The van der Waals surface area contributed by atoms with Crippen LogP contribution in [0.25, 0.3) is 0 Å². The van der Waals surface area contributed by atoms with Crippen molar-refractivity contribution in [3.63, 3.8) is 0 Å². The largest absolute Gasteiger partial charge is 0.375 e. The van der Waals surface area contributed by atoms with Gasteiger partial charge >= 0.3 is 6.03 Å². The molecule has 1 aliphatic rings. The molecule has 1 aromatic heterocycles. The second-order valence-electron chi connectivity index (χ2n) is 4.57. The van der Waals surface area contributed by atoms with Gasteiger partial charge in [-0.25, -0.2) is 4.79 Å². The van der Waals surface area contributed by atoms with Crippen LogP contribution >= 0.6 is 0 Å². The predicted molar refractivity (Wildman–Crippen MR) is 73.2 cm³/mol. The fourth-order valence-corrected chi connectivity index (χ4v) is 1.91. The number of aryl methyl sites for hydroxylation is 1. The maximum atomic E-state index is 11.7. The zero-order valence-corrected chi connectivity index (χ0v) is 11.1. The Morgan fingerprint density at radius 2 is 2.53 bits per heavy atom. The normalized spacial score (nSPS) is 19.5. The Kier molecular flexibility index (Phi) is 5.11. The number of urea groups is 1. The van der Waals surface area contributed by atoms with Crippen LogP contribution in [0.15, 0.2) is 18.3 Å². The van der Waals surface area contributed by atoms with E-state index in [9.17, 15) is 4.79 Å². The summed E-state index contributed by atoms with van der Waals surface area (Å²) in [6, 6.07) is 3.36. The highest BCUT2D eigenvalue weighted by Crippen LogP contribution is 2.06. The molecule has 2 rings (SSSR count). The molecule has 0 aliphatic carbocycles. The molecular formula is C13H20N4O2. The predicted octanol–water partition coefficient (Wildman–Crippen LogP) is 0.890. The van der Waals surface area contributed by atoms with E-state index >= 15 is 0 Å². The van der Waals surface area contributed by atoms with Crippen molar-refractivity contribution < 1.29 is 9.53 Å². The Balaban J connectivity index is 1.75. The van der Waals surface area contributed by atoms with Crippen LogP contribution < -0.4 is 16.0 Å². The minimum Gasteiger partial charge on any atom is -0.375 e. The number of amides is 2. The van der Waals surface area contributed by atoms with Gasteiger partial charge in [-0.1, -0.05) is 0 Å². The number of aromatic nitrogens is 1. The van der Waals surface area contributed by atoms with Crippen LogP contribution in [-0.4, -0.2) is 43.4 Å². The van der Waals surface area contributed by atoms with Gasteiger partial charge in [-0.2, -0.15) is 0 Å². The van der Waals surface area contributed by atoms with Gasteiger partial charge in [0.1, 0.15) is 0 Å². The number of pyridine rings is 1. The van der Waals surface area contributed by atoms with Crippen molar-refractivity contribution in [2.75, 3.05) is 31.6 Å². The first kappa shape index (κ1) is 13.8. The lowest BCUT2D eigenvalue weighted by molar-refractivity contribution is 0.0689. The molecule has 19 heavy (non-hydrogen) atoms. The smallest absolute Gasteiger partial charge is 0.319 e. The Hall–Kier alpha value is -1.66. The number of rotatable bonds is 3. The SMILES string of the molecule is Cc1cc(NC(=O)NCC2CNCCCO2)ccn1. The molecule has 1 aliphatic heterocycles. The second-order valence-corrected chi connectivity index (χ2v) is 4.57. The summed E-state index contributed by atoms with van der Waals surface area (Å²) < 4.78 is 5.61. The van der Waals surface area contributed by atoms with E-state index in [1.54, 1.807) is 12.3 Å². The molecule has 1 unspecified atom stereocenters. The Labute approximate surface area is 112 Å². The van der Waals surface area contributed by atoms with Crippen molar-refractivity contribution in [2.24, 2.45) is 0 Å². The summed E-state index contributed by atoms with van der Waals surface area (Å²) in [6.07, 6.45) is 2.72. The van der Waals surface area contributed by atoms with Crippen molar-refractivity contribution in [1.82, 2.24) is 15.6 Å². The van der Waals surface area contributed by atoms with E-state index in [2.05, 4.69) is 20.9 Å². The second kappa shape index (κ2) is 7.06. The lowest BCUT2D eigenvalue weighted by Gasteiger charge is -2.16. The summed E-state index contributed by atoms with van der Waals surface area (Å²) in [5.74, 6) is 0. The van der Waals surface area contributed by atoms with Crippen molar-refractivity contribution in [3.05, 3.63) is 24.0 Å². The first-order valence-electron chi connectivity index (χ1n) is 6.54. The highest BCUT2D eigenvalue weighted by Gasteiger charge is 2.13. The van der Waals surface area contributed by atoms with Crippen LogP contribution in [-0.2, 0) is 4.74 Å². The molecule has 0 spiro atoms. The molecule has 104 valence electrons. The molecule has 0 aromatic carbocycles. The van der Waals surface area contributed by atoms with E-state index in [1.807, 2.05) is 13.0 Å². The molecule has 1 saturated heterocycles. The number of carbonyl (C=O) groups excluding carboxylic acids is 1. The quantitative estimate of drug-likeness (QED) is 0.758. The van der Waals surface area contributed by atoms with Gasteiger partial charge in [0.05, 0.1) is 6.10 Å². The minimum atomic E-state index is -0.224. The molecule has 0 saturated carbocycles. The average molecular weight is 264 g/mol. The van der Waals surface area contributed by atoms with Crippen molar-refractivity contribution in [2.45, 2.75) is 19.4 Å². The Bertz CT molecular complexity index is 417. The van der Waals surface area contributed by atoms with Crippen molar-refractivity contribution in [1.29, 1.82) is 0 Å². The van der Waals surface area contributed by atoms with Crippen molar-refractivity contribution >= 4 is 11.7 Å². The first-order valence-corrected chi connectivity index (χ1v) is 6.54. The van der Waals surface area contributed by atoms with E-state index in [0.29, 0.717) is 6.54 Å². The van der Waals surface area contributed by atoms with E-state index in [1.165, 1.54) is 0 Å². The topological polar surface area (TPSA) is 75.3 Å². The van der Waals surface area contributed by atoms with E-state index < -0.39 is 0 Å². The summed E-state index contributed by atoms with van der Waals surface area (Å²) >= 11 is 0. The molecule has 0 radical (unpaired) electrons. The van der Waals surface area contributed by atoms with Gasteiger partial charge in [0.2, 0.25) is 0 Å². The van der Waals surface area contributed by atoms with Gasteiger partial charge in [0.25, 0.3) is 0 Å². The Morgan fingerprint density at radius 1 is 1.63 bits per heavy atom. The third kappa shape index (κ3) is 4.84. The summed E-state index contributed by atoms with van der Waals surface area (Å²) in [5, 5.41) is 8.86. The van der Waals surface area contributed by atoms with Crippen LogP contribution in [0.2, 0.25) is 0 Å². The van der Waals surface area contributed by atoms with Crippen LogP contribution in [0, 0.1) is 6.92 Å². The highest BCUT2D eigenvalue weighted by molar-refractivity contribution is 5.89. The molecule has 1 fully saturated rings. The number of nitrogens with zero attached hydrogens (tertiary/aromatic N) is 1. The van der Waals surface area contributed by atoms with Gasteiger partial charge in [-0.15, -0.1) is 0 Å². The number of ether oxygens (including phenoxy) is 1. The summed E-state index contributed by atoms with van der Waals surface area (Å²) in [4.78, 5) is 15.8. The number of carbonyl (C=O) groups is 1. The van der Waals surface area contributed by atoms with Gasteiger partial charge in [-0.3, -0.25) is 4.98 Å². The molecule has 2 amide bonds. The third-order valence-electron chi connectivity index (χ3n) is 2.87. The van der Waals surface area contributed by atoms with Crippen LogP contribution in [0.4, 0.5) is 10.5 Å². The molecule has 2 heterocycles. The third-order valence-corrected chi connectivity index (χ3v) is 2.87. The summed E-state index contributed by atoms with van der Waals surface area (Å²) in [6.45, 7) is 4.87. The maximum absolute atomic E-state index is 11.7. The van der Waals surface area contributed by atoms with E-state index in [-0.39, 0.29) is 12.1 Å². The van der Waals surface area contributed by atoms with E-state index in [0.717, 1.165) is 37.5 Å². The van der Waals surface area contributed by atoms with Gasteiger partial charge < -0.3 is 20.7 Å². The lowest BCUT2D eigenvalue weighted by atomic mass is 10.3. The highest BCUT2D eigenvalue weighted by atomic mass is 16.5. The maximum Gasteiger partial charge on any atom is 0.319 e. The fourth-order valence-electron chi connectivity index (χ4n) is 1.91. The van der Waals surface area contributed by atoms with Gasteiger partial charge in [-0.05, 0) is 32.0 Å². The van der Waals surface area contributed by atoms with Gasteiger partial charge in [0, 0.05) is 37.3 Å². The average Bonchev–Trinajstić information content (AvgIpc) is 2.65. The number of hydrogen-bond donors (Lipinski definition) is 3. The standard InChI is InChI=1S/C13H20N4O2/c1-10-7-11(3-5-15-10)17-13(18)16-9-12-8-14-4-2-6-19-12/h3,5,7,12,14H,2,4,6,8-9H2,1H3,(H2,15,16,17,18).